The quantitative estimate of drug-likeness (QED) is 0.287. The highest BCUT2D eigenvalue weighted by Crippen LogP contribution is 2.34. The molecule has 0 unspecified atom stereocenters. The van der Waals surface area contributed by atoms with E-state index >= 15 is 0 Å². The maximum absolute atomic E-state index is 3.56. The lowest BCUT2D eigenvalue weighted by Crippen LogP contribution is -1.94. The monoisotopic (exact) mass is 434 g/mol. The molecule has 0 amide bonds. The Balaban J connectivity index is 1.37. The summed E-state index contributed by atoms with van der Waals surface area (Å²) in [5.74, 6) is 0. The van der Waals surface area contributed by atoms with Crippen LogP contribution in [-0.4, -0.2) is 9.55 Å². The van der Waals surface area contributed by atoms with Gasteiger partial charge in [0.05, 0.1) is 11.0 Å². The number of hydrogen-bond acceptors (Lipinski definition) is 0. The number of nitrogens with one attached hydrogen (secondary N) is 1. The van der Waals surface area contributed by atoms with E-state index in [0.717, 1.165) is 11.2 Å². The number of fused-ring (bicyclic) bond motifs is 4. The van der Waals surface area contributed by atoms with Crippen LogP contribution in [0.1, 0.15) is 0 Å². The lowest BCUT2D eigenvalue weighted by atomic mass is 10.0. The van der Waals surface area contributed by atoms with Crippen molar-refractivity contribution in [3.05, 3.63) is 127 Å². The van der Waals surface area contributed by atoms with Crippen LogP contribution < -0.4 is 0 Å². The molecule has 0 radical (unpaired) electrons. The van der Waals surface area contributed by atoms with Crippen LogP contribution in [0, 0.1) is 0 Å². The molecule has 2 heterocycles. The molecule has 0 bridgehead atoms. The largest absolute Gasteiger partial charge is 0.355 e. The van der Waals surface area contributed by atoms with Crippen molar-refractivity contribution in [2.75, 3.05) is 0 Å². The molecule has 7 rings (SSSR count). The summed E-state index contributed by atoms with van der Waals surface area (Å²) in [6.45, 7) is 0. The third-order valence-corrected chi connectivity index (χ3v) is 6.72. The van der Waals surface area contributed by atoms with Gasteiger partial charge in [0, 0.05) is 33.1 Å². The predicted octanol–water partition coefficient (Wildman–Crippen LogP) is 8.60. The molecule has 0 atom stereocenters. The van der Waals surface area contributed by atoms with Crippen molar-refractivity contribution in [3.8, 4) is 28.1 Å². The van der Waals surface area contributed by atoms with E-state index in [1.165, 1.54) is 49.6 Å². The summed E-state index contributed by atoms with van der Waals surface area (Å²) < 4.78 is 2.37. The molecule has 34 heavy (non-hydrogen) atoms. The van der Waals surface area contributed by atoms with Crippen molar-refractivity contribution < 1.29 is 0 Å². The number of nitrogens with zero attached hydrogens (tertiary/aromatic N) is 1. The van der Waals surface area contributed by atoms with Crippen molar-refractivity contribution in [2.45, 2.75) is 0 Å². The van der Waals surface area contributed by atoms with Gasteiger partial charge in [0.1, 0.15) is 0 Å². The SMILES string of the molecule is c1cc(-c2cccc(-n3c4ccccc4c4ccccc43)c2)cc(-c2cc3ccccc3[nH]2)c1. The van der Waals surface area contributed by atoms with E-state index in [9.17, 15) is 0 Å². The van der Waals surface area contributed by atoms with Crippen molar-refractivity contribution in [1.29, 1.82) is 0 Å². The van der Waals surface area contributed by atoms with E-state index in [1.807, 2.05) is 0 Å². The normalized spacial score (nSPS) is 11.5. The van der Waals surface area contributed by atoms with Crippen LogP contribution in [0.5, 0.6) is 0 Å². The number of aromatic amines is 1. The van der Waals surface area contributed by atoms with E-state index in [2.05, 4.69) is 137 Å². The van der Waals surface area contributed by atoms with E-state index < -0.39 is 0 Å². The van der Waals surface area contributed by atoms with Gasteiger partial charge in [-0.3, -0.25) is 0 Å². The molecule has 0 aliphatic carbocycles. The Morgan fingerprint density at radius 2 is 1.09 bits per heavy atom. The maximum Gasteiger partial charge on any atom is 0.0541 e. The van der Waals surface area contributed by atoms with E-state index in [-0.39, 0.29) is 0 Å². The fourth-order valence-corrected chi connectivity index (χ4v) is 5.12. The second-order valence-corrected chi connectivity index (χ2v) is 8.77. The number of aromatic nitrogens is 2. The van der Waals surface area contributed by atoms with Crippen molar-refractivity contribution in [3.63, 3.8) is 0 Å². The Hall–Kier alpha value is -4.56. The zero-order chi connectivity index (χ0) is 22.5. The minimum absolute atomic E-state index is 1.14. The van der Waals surface area contributed by atoms with E-state index in [4.69, 9.17) is 0 Å². The summed E-state index contributed by atoms with van der Waals surface area (Å²) >= 11 is 0. The average molecular weight is 435 g/mol. The van der Waals surface area contributed by atoms with Gasteiger partial charge in [0.25, 0.3) is 0 Å². The number of H-pyrrole nitrogens is 1. The molecule has 0 fully saturated rings. The second kappa shape index (κ2) is 7.50. The summed E-state index contributed by atoms with van der Waals surface area (Å²) in [5.41, 5.74) is 9.54. The summed E-state index contributed by atoms with van der Waals surface area (Å²) in [5, 5.41) is 3.80. The van der Waals surface area contributed by atoms with Gasteiger partial charge in [-0.25, -0.2) is 0 Å². The highest BCUT2D eigenvalue weighted by Gasteiger charge is 2.12. The molecule has 160 valence electrons. The minimum Gasteiger partial charge on any atom is -0.355 e. The summed E-state index contributed by atoms with van der Waals surface area (Å²) in [6, 6.07) is 45.6. The Kier molecular flexibility index (Phi) is 4.18. The Morgan fingerprint density at radius 3 is 1.85 bits per heavy atom. The molecule has 5 aromatic carbocycles. The van der Waals surface area contributed by atoms with Crippen LogP contribution in [-0.2, 0) is 0 Å². The zero-order valence-corrected chi connectivity index (χ0v) is 18.6. The fraction of sp³-hybridized carbons (Fsp3) is 0. The third-order valence-electron chi connectivity index (χ3n) is 6.72. The van der Waals surface area contributed by atoms with Crippen LogP contribution in [0.4, 0.5) is 0 Å². The molecule has 0 aliphatic rings. The maximum atomic E-state index is 3.56. The standard InChI is InChI=1S/C32H22N2/c1-4-16-29-25(9-1)21-30(33-29)24-12-7-10-22(19-24)23-11-8-13-26(20-23)34-31-17-5-2-14-27(31)28-15-3-6-18-32(28)34/h1-21,33H. The van der Waals surface area contributed by atoms with Gasteiger partial charge < -0.3 is 9.55 Å². The van der Waals surface area contributed by atoms with Crippen LogP contribution in [0.15, 0.2) is 127 Å². The molecular weight excluding hydrogens is 412 g/mol. The van der Waals surface area contributed by atoms with Crippen LogP contribution >= 0.6 is 0 Å². The molecule has 2 nitrogen and oxygen atoms in total. The number of benzene rings is 5. The van der Waals surface area contributed by atoms with Gasteiger partial charge in [-0.15, -0.1) is 0 Å². The summed E-state index contributed by atoms with van der Waals surface area (Å²) in [7, 11) is 0. The van der Waals surface area contributed by atoms with Crippen molar-refractivity contribution in [2.24, 2.45) is 0 Å². The Bertz CT molecular complexity index is 1730. The molecule has 2 aromatic heterocycles. The predicted molar refractivity (Wildman–Crippen MR) is 144 cm³/mol. The van der Waals surface area contributed by atoms with Gasteiger partial charge in [-0.2, -0.15) is 0 Å². The van der Waals surface area contributed by atoms with Gasteiger partial charge in [-0.1, -0.05) is 84.9 Å². The zero-order valence-electron chi connectivity index (χ0n) is 18.6. The first-order valence-electron chi connectivity index (χ1n) is 11.6. The lowest BCUT2D eigenvalue weighted by molar-refractivity contribution is 1.18. The Morgan fingerprint density at radius 1 is 0.471 bits per heavy atom. The lowest BCUT2D eigenvalue weighted by Gasteiger charge is -2.11. The van der Waals surface area contributed by atoms with Gasteiger partial charge in [0.15, 0.2) is 0 Å². The van der Waals surface area contributed by atoms with Crippen LogP contribution in [0.3, 0.4) is 0 Å². The second-order valence-electron chi connectivity index (χ2n) is 8.77. The van der Waals surface area contributed by atoms with E-state index in [1.54, 1.807) is 0 Å². The summed E-state index contributed by atoms with van der Waals surface area (Å²) in [4.78, 5) is 3.56. The number of hydrogen-bond donors (Lipinski definition) is 1. The minimum atomic E-state index is 1.14. The molecule has 1 N–H and O–H groups in total. The molecule has 0 saturated carbocycles. The molecule has 0 saturated heterocycles. The molecule has 0 spiro atoms. The highest BCUT2D eigenvalue weighted by molar-refractivity contribution is 6.09. The van der Waals surface area contributed by atoms with E-state index in [0.29, 0.717) is 0 Å². The van der Waals surface area contributed by atoms with Crippen molar-refractivity contribution >= 4 is 32.7 Å². The molecule has 0 aliphatic heterocycles. The fourth-order valence-electron chi connectivity index (χ4n) is 5.12. The molecular formula is C32H22N2. The van der Waals surface area contributed by atoms with Crippen LogP contribution in [0.2, 0.25) is 0 Å². The van der Waals surface area contributed by atoms with Crippen molar-refractivity contribution in [1.82, 2.24) is 9.55 Å². The Labute approximate surface area is 197 Å². The molecule has 2 heteroatoms. The average Bonchev–Trinajstić information content (AvgIpc) is 3.49. The first-order chi connectivity index (χ1) is 16.8. The highest BCUT2D eigenvalue weighted by atomic mass is 15.0. The smallest absolute Gasteiger partial charge is 0.0541 e. The molecule has 7 aromatic rings. The van der Waals surface area contributed by atoms with Gasteiger partial charge in [-0.05, 0) is 59.2 Å². The van der Waals surface area contributed by atoms with Crippen LogP contribution in [0.25, 0.3) is 60.8 Å². The topological polar surface area (TPSA) is 20.7 Å². The van der Waals surface area contributed by atoms with Gasteiger partial charge in [0.2, 0.25) is 0 Å². The number of rotatable bonds is 3. The third kappa shape index (κ3) is 2.96. The van der Waals surface area contributed by atoms with Gasteiger partial charge >= 0.3 is 0 Å². The first kappa shape index (κ1) is 19.0. The number of para-hydroxylation sites is 3. The summed E-state index contributed by atoms with van der Waals surface area (Å²) in [6.07, 6.45) is 0. The first-order valence-corrected chi connectivity index (χ1v) is 11.6.